The molecule has 1 aliphatic heterocycles. The van der Waals surface area contributed by atoms with Crippen molar-refractivity contribution in [3.8, 4) is 0 Å². The van der Waals surface area contributed by atoms with Gasteiger partial charge < -0.3 is 14.6 Å². The number of likely N-dealkylation sites (N-methyl/N-ethyl adjacent to an activating group) is 1. The van der Waals surface area contributed by atoms with Crippen LogP contribution in [0.5, 0.6) is 0 Å². The second-order valence-electron chi connectivity index (χ2n) is 4.88. The lowest BCUT2D eigenvalue weighted by molar-refractivity contribution is -0.144. The molecule has 1 aromatic heterocycles. The van der Waals surface area contributed by atoms with Crippen molar-refractivity contribution in [2.45, 2.75) is 25.2 Å². The van der Waals surface area contributed by atoms with E-state index in [0.717, 1.165) is 29.2 Å². The van der Waals surface area contributed by atoms with Gasteiger partial charge in [0, 0.05) is 31.2 Å². The van der Waals surface area contributed by atoms with Crippen molar-refractivity contribution in [1.29, 1.82) is 0 Å². The molecule has 0 bridgehead atoms. The number of aromatic nitrogens is 1. The summed E-state index contributed by atoms with van der Waals surface area (Å²) in [6.45, 7) is 1.10. The number of rotatable bonds is 4. The molecule has 2 atom stereocenters. The van der Waals surface area contributed by atoms with E-state index in [4.69, 9.17) is 4.74 Å². The van der Waals surface area contributed by atoms with Crippen molar-refractivity contribution in [3.05, 3.63) is 34.2 Å². The molecule has 1 fully saturated rings. The molecule has 4 nitrogen and oxygen atoms in total. The first-order valence-corrected chi connectivity index (χ1v) is 6.45. The minimum atomic E-state index is -4.54. The van der Waals surface area contributed by atoms with Gasteiger partial charge in [-0.1, -0.05) is 6.07 Å². The van der Waals surface area contributed by atoms with Gasteiger partial charge >= 0.3 is 6.18 Å². The van der Waals surface area contributed by atoms with Gasteiger partial charge in [-0.15, -0.1) is 0 Å². The van der Waals surface area contributed by atoms with Gasteiger partial charge in [0.15, 0.2) is 0 Å². The third-order valence-corrected chi connectivity index (χ3v) is 3.62. The minimum Gasteiger partial charge on any atom is -0.381 e. The number of ether oxygens (including phenoxy) is 1. The summed E-state index contributed by atoms with van der Waals surface area (Å²) in [4.78, 5) is 11.8. The average molecular weight is 290 g/mol. The number of alkyl halides is 3. The summed E-state index contributed by atoms with van der Waals surface area (Å²) in [6.07, 6.45) is -3.75. The van der Waals surface area contributed by atoms with Gasteiger partial charge in [0.25, 0.3) is 5.56 Å². The van der Waals surface area contributed by atoms with E-state index in [-0.39, 0.29) is 18.5 Å². The Balaban J connectivity index is 2.29. The van der Waals surface area contributed by atoms with Gasteiger partial charge in [-0.2, -0.15) is 13.2 Å². The largest absolute Gasteiger partial charge is 0.431 e. The van der Waals surface area contributed by atoms with E-state index in [1.54, 1.807) is 7.05 Å². The maximum atomic E-state index is 13.0. The van der Waals surface area contributed by atoms with E-state index >= 15 is 0 Å². The molecule has 0 spiro atoms. The monoisotopic (exact) mass is 290 g/mol. The van der Waals surface area contributed by atoms with Crippen LogP contribution in [-0.4, -0.2) is 30.9 Å². The normalized spacial score (nSPS) is 21.1. The molecule has 7 heteroatoms. The lowest BCUT2D eigenvalue weighted by Crippen LogP contribution is -2.42. The molecule has 2 heterocycles. The molecule has 1 aromatic rings. The Morgan fingerprint density at radius 1 is 1.50 bits per heavy atom. The summed E-state index contributed by atoms with van der Waals surface area (Å²) in [5.41, 5.74) is -1.55. The summed E-state index contributed by atoms with van der Waals surface area (Å²) in [5, 5.41) is 2.99. The van der Waals surface area contributed by atoms with Crippen LogP contribution in [0, 0.1) is 5.92 Å². The zero-order valence-corrected chi connectivity index (χ0v) is 11.1. The summed E-state index contributed by atoms with van der Waals surface area (Å²) in [5.74, 6) is 0.119. The first-order valence-electron chi connectivity index (χ1n) is 6.45. The van der Waals surface area contributed by atoms with Crippen LogP contribution in [-0.2, 0) is 17.5 Å². The first-order chi connectivity index (χ1) is 9.43. The molecule has 0 aliphatic carbocycles. The smallest absolute Gasteiger partial charge is 0.381 e. The lowest BCUT2D eigenvalue weighted by atomic mass is 9.99. The Morgan fingerprint density at radius 3 is 2.80 bits per heavy atom. The highest BCUT2D eigenvalue weighted by molar-refractivity contribution is 5.10. The van der Waals surface area contributed by atoms with Crippen LogP contribution >= 0.6 is 0 Å². The fourth-order valence-corrected chi connectivity index (χ4v) is 2.50. The maximum Gasteiger partial charge on any atom is 0.431 e. The van der Waals surface area contributed by atoms with Crippen LogP contribution in [0.15, 0.2) is 23.0 Å². The van der Waals surface area contributed by atoms with E-state index in [1.807, 2.05) is 0 Å². The second kappa shape index (κ2) is 5.97. The van der Waals surface area contributed by atoms with Crippen LogP contribution in [0.3, 0.4) is 0 Å². The van der Waals surface area contributed by atoms with Crippen molar-refractivity contribution in [2.75, 3.05) is 20.3 Å². The van der Waals surface area contributed by atoms with Gasteiger partial charge in [0.1, 0.15) is 5.69 Å². The summed E-state index contributed by atoms with van der Waals surface area (Å²) >= 11 is 0. The maximum absolute atomic E-state index is 13.0. The Bertz CT molecular complexity index is 507. The SMILES string of the molecule is CNC(Cn1c(C(F)(F)F)cccc1=O)C1CCOC1. The Kier molecular flexibility index (Phi) is 4.49. The molecule has 2 rings (SSSR count). The van der Waals surface area contributed by atoms with Crippen LogP contribution in [0.25, 0.3) is 0 Å². The van der Waals surface area contributed by atoms with Crippen molar-refractivity contribution < 1.29 is 17.9 Å². The summed E-state index contributed by atoms with van der Waals surface area (Å²) in [7, 11) is 1.68. The van der Waals surface area contributed by atoms with Crippen LogP contribution in [0.1, 0.15) is 12.1 Å². The fourth-order valence-electron chi connectivity index (χ4n) is 2.50. The summed E-state index contributed by atoms with van der Waals surface area (Å²) in [6, 6.07) is 2.99. The zero-order valence-electron chi connectivity index (χ0n) is 11.1. The topological polar surface area (TPSA) is 43.3 Å². The molecular weight excluding hydrogens is 273 g/mol. The third kappa shape index (κ3) is 3.21. The molecule has 0 amide bonds. The van der Waals surface area contributed by atoms with Crippen LogP contribution in [0.2, 0.25) is 0 Å². The van der Waals surface area contributed by atoms with Crippen molar-refractivity contribution in [3.63, 3.8) is 0 Å². The fraction of sp³-hybridized carbons (Fsp3) is 0.615. The van der Waals surface area contributed by atoms with E-state index in [9.17, 15) is 18.0 Å². The minimum absolute atomic E-state index is 0.0148. The molecule has 112 valence electrons. The molecule has 1 saturated heterocycles. The van der Waals surface area contributed by atoms with Gasteiger partial charge in [0.2, 0.25) is 0 Å². The van der Waals surface area contributed by atoms with Crippen molar-refractivity contribution in [1.82, 2.24) is 9.88 Å². The highest BCUT2D eigenvalue weighted by Gasteiger charge is 2.35. The van der Waals surface area contributed by atoms with E-state index in [2.05, 4.69) is 5.32 Å². The van der Waals surface area contributed by atoms with Crippen LogP contribution in [0.4, 0.5) is 13.2 Å². The lowest BCUT2D eigenvalue weighted by Gasteiger charge is -2.24. The number of hydrogen-bond donors (Lipinski definition) is 1. The standard InChI is InChI=1S/C13H17F3N2O2/c1-17-10(9-5-6-20-8-9)7-18-11(13(14,15)16)3-2-4-12(18)19/h2-4,9-10,17H,5-8H2,1H3. The molecule has 0 radical (unpaired) electrons. The predicted octanol–water partition coefficient (Wildman–Crippen LogP) is 1.49. The molecular formula is C13H17F3N2O2. The number of hydrogen-bond acceptors (Lipinski definition) is 3. The van der Waals surface area contributed by atoms with E-state index < -0.39 is 17.4 Å². The molecule has 1 N–H and O–H groups in total. The number of nitrogens with zero attached hydrogens (tertiary/aromatic N) is 1. The van der Waals surface area contributed by atoms with Crippen LogP contribution < -0.4 is 10.9 Å². The Hall–Kier alpha value is -1.34. The molecule has 1 aliphatic rings. The predicted molar refractivity (Wildman–Crippen MR) is 67.5 cm³/mol. The number of nitrogens with one attached hydrogen (secondary N) is 1. The first kappa shape index (κ1) is 15.1. The van der Waals surface area contributed by atoms with Crippen molar-refractivity contribution >= 4 is 0 Å². The van der Waals surface area contributed by atoms with Gasteiger partial charge in [-0.25, -0.2) is 0 Å². The molecule has 20 heavy (non-hydrogen) atoms. The Labute approximate surface area is 114 Å². The molecule has 2 unspecified atom stereocenters. The highest BCUT2D eigenvalue weighted by Crippen LogP contribution is 2.28. The van der Waals surface area contributed by atoms with Crippen molar-refractivity contribution in [2.24, 2.45) is 5.92 Å². The quantitative estimate of drug-likeness (QED) is 0.913. The van der Waals surface area contributed by atoms with Gasteiger partial charge in [0.05, 0.1) is 6.61 Å². The van der Waals surface area contributed by atoms with E-state index in [1.165, 1.54) is 0 Å². The zero-order chi connectivity index (χ0) is 14.8. The second-order valence-corrected chi connectivity index (χ2v) is 4.88. The van der Waals surface area contributed by atoms with E-state index in [0.29, 0.717) is 13.2 Å². The van der Waals surface area contributed by atoms with Gasteiger partial charge in [-0.05, 0) is 19.5 Å². The molecule has 0 aromatic carbocycles. The summed E-state index contributed by atoms with van der Waals surface area (Å²) < 4.78 is 44.9. The van der Waals surface area contributed by atoms with Gasteiger partial charge in [-0.3, -0.25) is 4.79 Å². The highest BCUT2D eigenvalue weighted by atomic mass is 19.4. The molecule has 0 saturated carbocycles. The Morgan fingerprint density at radius 2 is 2.25 bits per heavy atom. The third-order valence-electron chi connectivity index (χ3n) is 3.62. The number of pyridine rings is 1. The number of halogens is 3. The average Bonchev–Trinajstić information content (AvgIpc) is 2.89.